The van der Waals surface area contributed by atoms with Gasteiger partial charge in [0.25, 0.3) is 0 Å². The number of carbonyl (C=O) groups excluding carboxylic acids is 3. The average Bonchev–Trinajstić information content (AvgIpc) is 2.60. The van der Waals surface area contributed by atoms with E-state index in [1.165, 1.54) is 0 Å². The Morgan fingerprint density at radius 3 is 2.76 bits per heavy atom. The number of likely N-dealkylation sites (tertiary alicyclic amines) is 1. The minimum absolute atomic E-state index is 0.0444. The summed E-state index contributed by atoms with van der Waals surface area (Å²) < 4.78 is 0. The predicted molar refractivity (Wildman–Crippen MR) is 60.9 cm³/mol. The second kappa shape index (κ2) is 4.47. The van der Waals surface area contributed by atoms with Crippen molar-refractivity contribution in [2.24, 2.45) is 5.41 Å². The summed E-state index contributed by atoms with van der Waals surface area (Å²) in [4.78, 5) is 36.6. The maximum Gasteiger partial charge on any atom is 0.235 e. The largest absolute Gasteiger partial charge is 0.342 e. The van der Waals surface area contributed by atoms with Gasteiger partial charge >= 0.3 is 0 Å². The van der Waals surface area contributed by atoms with Crippen molar-refractivity contribution in [2.75, 3.05) is 13.1 Å². The first-order valence-electron chi connectivity index (χ1n) is 6.19. The molecule has 1 atom stereocenters. The molecule has 0 radical (unpaired) electrons. The van der Waals surface area contributed by atoms with Gasteiger partial charge in [-0.2, -0.15) is 0 Å². The minimum Gasteiger partial charge on any atom is -0.342 e. The van der Waals surface area contributed by atoms with Gasteiger partial charge in [-0.05, 0) is 12.8 Å². The van der Waals surface area contributed by atoms with Crippen LogP contribution in [0.2, 0.25) is 0 Å². The molecule has 1 unspecified atom stereocenters. The van der Waals surface area contributed by atoms with E-state index in [0.29, 0.717) is 19.4 Å². The van der Waals surface area contributed by atoms with Gasteiger partial charge < -0.3 is 4.90 Å². The molecule has 5 nitrogen and oxygen atoms in total. The summed E-state index contributed by atoms with van der Waals surface area (Å²) in [6.45, 7) is 3.27. The molecule has 2 rings (SSSR count). The van der Waals surface area contributed by atoms with E-state index in [2.05, 4.69) is 12.2 Å². The van der Waals surface area contributed by atoms with Gasteiger partial charge in [0.15, 0.2) is 0 Å². The van der Waals surface area contributed by atoms with Crippen molar-refractivity contribution in [3.05, 3.63) is 0 Å². The number of unbranched alkanes of at least 4 members (excludes halogenated alkanes) is 1. The van der Waals surface area contributed by atoms with E-state index in [9.17, 15) is 14.4 Å². The Balaban J connectivity index is 2.06. The van der Waals surface area contributed by atoms with E-state index in [4.69, 9.17) is 0 Å². The molecule has 0 aliphatic carbocycles. The average molecular weight is 238 g/mol. The van der Waals surface area contributed by atoms with Gasteiger partial charge in [-0.15, -0.1) is 0 Å². The third-order valence-corrected chi connectivity index (χ3v) is 3.68. The molecule has 0 aromatic heterocycles. The Morgan fingerprint density at radius 1 is 1.35 bits per heavy atom. The van der Waals surface area contributed by atoms with E-state index in [1.807, 2.05) is 0 Å². The molecule has 2 fully saturated rings. The SMILES string of the molecule is CCCCN1CC2(CCC(=O)NC2=O)CC1=O. The van der Waals surface area contributed by atoms with Gasteiger partial charge in [-0.1, -0.05) is 13.3 Å². The lowest BCUT2D eigenvalue weighted by molar-refractivity contribution is -0.142. The van der Waals surface area contributed by atoms with Crippen molar-refractivity contribution in [1.82, 2.24) is 10.2 Å². The van der Waals surface area contributed by atoms with E-state index < -0.39 is 5.41 Å². The topological polar surface area (TPSA) is 66.5 Å². The number of amides is 3. The summed E-state index contributed by atoms with van der Waals surface area (Å²) in [7, 11) is 0. The van der Waals surface area contributed by atoms with Crippen LogP contribution in [0.5, 0.6) is 0 Å². The molecule has 2 heterocycles. The molecule has 1 N–H and O–H groups in total. The van der Waals surface area contributed by atoms with Crippen LogP contribution in [0.25, 0.3) is 0 Å². The summed E-state index contributed by atoms with van der Waals surface area (Å²) in [5, 5.41) is 2.35. The monoisotopic (exact) mass is 238 g/mol. The normalized spacial score (nSPS) is 29.0. The molecule has 17 heavy (non-hydrogen) atoms. The maximum atomic E-state index is 11.9. The number of piperidine rings is 1. The highest BCUT2D eigenvalue weighted by atomic mass is 16.2. The fraction of sp³-hybridized carbons (Fsp3) is 0.750. The van der Waals surface area contributed by atoms with E-state index in [1.54, 1.807) is 4.90 Å². The number of nitrogens with zero attached hydrogens (tertiary/aromatic N) is 1. The number of imide groups is 1. The van der Waals surface area contributed by atoms with Gasteiger partial charge in [0.05, 0.1) is 5.41 Å². The molecule has 1 spiro atoms. The van der Waals surface area contributed by atoms with Gasteiger partial charge in [-0.3, -0.25) is 19.7 Å². The van der Waals surface area contributed by atoms with Crippen molar-refractivity contribution in [3.63, 3.8) is 0 Å². The Hall–Kier alpha value is -1.39. The second-order valence-electron chi connectivity index (χ2n) is 5.00. The molecule has 3 amide bonds. The quantitative estimate of drug-likeness (QED) is 0.726. The summed E-state index contributed by atoms with van der Waals surface area (Å²) in [6.07, 6.45) is 3.10. The van der Waals surface area contributed by atoms with Crippen LogP contribution in [0.15, 0.2) is 0 Å². The first-order chi connectivity index (χ1) is 8.07. The highest BCUT2D eigenvalue weighted by Crippen LogP contribution is 2.38. The van der Waals surface area contributed by atoms with Crippen molar-refractivity contribution >= 4 is 17.7 Å². The predicted octanol–water partition coefficient (Wildman–Crippen LogP) is 0.442. The third kappa shape index (κ3) is 2.18. The molecule has 2 aliphatic heterocycles. The highest BCUT2D eigenvalue weighted by molar-refractivity contribution is 6.03. The van der Waals surface area contributed by atoms with Gasteiger partial charge in [0.1, 0.15) is 0 Å². The maximum absolute atomic E-state index is 11.9. The summed E-state index contributed by atoms with van der Waals surface area (Å²) in [6, 6.07) is 0. The van der Waals surface area contributed by atoms with Crippen molar-refractivity contribution < 1.29 is 14.4 Å². The number of carbonyl (C=O) groups is 3. The fourth-order valence-electron chi connectivity index (χ4n) is 2.57. The molecule has 0 aromatic rings. The zero-order chi connectivity index (χ0) is 12.5. The Morgan fingerprint density at radius 2 is 2.12 bits per heavy atom. The molecule has 5 heteroatoms. The van der Waals surface area contributed by atoms with Crippen LogP contribution >= 0.6 is 0 Å². The van der Waals surface area contributed by atoms with Gasteiger partial charge in [-0.25, -0.2) is 0 Å². The molecule has 0 saturated carbocycles. The Kier molecular flexibility index (Phi) is 3.17. The molecule has 2 saturated heterocycles. The smallest absolute Gasteiger partial charge is 0.235 e. The lowest BCUT2D eigenvalue weighted by Crippen LogP contribution is -2.50. The standard InChI is InChI=1S/C12H18N2O3/c1-2-3-6-14-8-12(7-10(14)16)5-4-9(15)13-11(12)17/h2-8H2,1H3,(H,13,15,17). The van der Waals surface area contributed by atoms with Crippen LogP contribution in [0.3, 0.4) is 0 Å². The summed E-state index contributed by atoms with van der Waals surface area (Å²) >= 11 is 0. The molecule has 0 aromatic carbocycles. The van der Waals surface area contributed by atoms with Crippen molar-refractivity contribution in [1.29, 1.82) is 0 Å². The first-order valence-corrected chi connectivity index (χ1v) is 6.19. The van der Waals surface area contributed by atoms with Crippen LogP contribution in [0, 0.1) is 5.41 Å². The molecule has 0 bridgehead atoms. The zero-order valence-corrected chi connectivity index (χ0v) is 10.1. The molecule has 2 aliphatic rings. The Bertz CT molecular complexity index is 367. The number of hydrogen-bond donors (Lipinski definition) is 1. The summed E-state index contributed by atoms with van der Waals surface area (Å²) in [5.74, 6) is -0.441. The lowest BCUT2D eigenvalue weighted by Gasteiger charge is -2.30. The molecular weight excluding hydrogens is 220 g/mol. The van der Waals surface area contributed by atoms with Crippen LogP contribution in [0.1, 0.15) is 39.0 Å². The fourth-order valence-corrected chi connectivity index (χ4v) is 2.57. The highest BCUT2D eigenvalue weighted by Gasteiger charge is 2.50. The van der Waals surface area contributed by atoms with E-state index in [-0.39, 0.29) is 24.1 Å². The first kappa shape index (κ1) is 12.1. The van der Waals surface area contributed by atoms with Crippen LogP contribution in [-0.2, 0) is 14.4 Å². The van der Waals surface area contributed by atoms with Crippen molar-refractivity contribution in [2.45, 2.75) is 39.0 Å². The van der Waals surface area contributed by atoms with Gasteiger partial charge in [0, 0.05) is 25.9 Å². The van der Waals surface area contributed by atoms with E-state index in [0.717, 1.165) is 19.4 Å². The van der Waals surface area contributed by atoms with Crippen LogP contribution in [-0.4, -0.2) is 35.7 Å². The Labute approximate surface area is 101 Å². The lowest BCUT2D eigenvalue weighted by atomic mass is 9.79. The zero-order valence-electron chi connectivity index (χ0n) is 10.1. The molecule has 94 valence electrons. The van der Waals surface area contributed by atoms with Gasteiger partial charge in [0.2, 0.25) is 17.7 Å². The number of nitrogens with one attached hydrogen (secondary N) is 1. The number of rotatable bonds is 3. The summed E-state index contributed by atoms with van der Waals surface area (Å²) in [5.41, 5.74) is -0.640. The number of hydrogen-bond acceptors (Lipinski definition) is 3. The second-order valence-corrected chi connectivity index (χ2v) is 5.00. The minimum atomic E-state index is -0.640. The third-order valence-electron chi connectivity index (χ3n) is 3.68. The van der Waals surface area contributed by atoms with Crippen LogP contribution < -0.4 is 5.32 Å². The van der Waals surface area contributed by atoms with E-state index >= 15 is 0 Å². The van der Waals surface area contributed by atoms with Crippen molar-refractivity contribution in [3.8, 4) is 0 Å². The van der Waals surface area contributed by atoms with Crippen LogP contribution in [0.4, 0.5) is 0 Å². The molecular formula is C12H18N2O3.